The maximum Gasteiger partial charge on any atom is 0.0937 e. The summed E-state index contributed by atoms with van der Waals surface area (Å²) in [5.41, 5.74) is 1.31. The lowest BCUT2D eigenvalue weighted by Gasteiger charge is -2.18. The van der Waals surface area contributed by atoms with E-state index in [1.165, 1.54) is 18.4 Å². The molecule has 1 fully saturated rings. The van der Waals surface area contributed by atoms with Crippen LogP contribution in [-0.2, 0) is 0 Å². The van der Waals surface area contributed by atoms with Gasteiger partial charge in [-0.2, -0.15) is 0 Å². The van der Waals surface area contributed by atoms with E-state index in [0.29, 0.717) is 11.8 Å². The first-order valence-corrected chi connectivity index (χ1v) is 5.53. The van der Waals surface area contributed by atoms with Gasteiger partial charge in [-0.1, -0.05) is 13.8 Å². The van der Waals surface area contributed by atoms with Gasteiger partial charge in [-0.15, -0.1) is 0 Å². The first kappa shape index (κ1) is 9.78. The summed E-state index contributed by atoms with van der Waals surface area (Å²) in [5, 5.41) is 3.57. The van der Waals surface area contributed by atoms with Crippen LogP contribution in [0.1, 0.15) is 38.2 Å². The fraction of sp³-hybridized carbons (Fsp3) is 0.667. The highest BCUT2D eigenvalue weighted by molar-refractivity contribution is 5.12. The highest BCUT2D eigenvalue weighted by atomic mass is 16.3. The molecular formula is C12H19NO. The van der Waals surface area contributed by atoms with Crippen LogP contribution in [0.25, 0.3) is 0 Å². The van der Waals surface area contributed by atoms with E-state index in [-0.39, 0.29) is 0 Å². The van der Waals surface area contributed by atoms with Gasteiger partial charge in [0.2, 0.25) is 0 Å². The van der Waals surface area contributed by atoms with E-state index in [1.807, 2.05) is 6.26 Å². The molecule has 1 aliphatic rings. The van der Waals surface area contributed by atoms with Gasteiger partial charge in [0.25, 0.3) is 0 Å². The molecule has 2 atom stereocenters. The summed E-state index contributed by atoms with van der Waals surface area (Å²) >= 11 is 0. The van der Waals surface area contributed by atoms with E-state index >= 15 is 0 Å². The van der Waals surface area contributed by atoms with Crippen LogP contribution in [0.4, 0.5) is 0 Å². The molecule has 0 saturated heterocycles. The second-order valence-electron chi connectivity index (χ2n) is 4.51. The Labute approximate surface area is 85.7 Å². The molecule has 0 bridgehead atoms. The lowest BCUT2D eigenvalue weighted by Crippen LogP contribution is -2.25. The standard InChI is InChI=1S/C12H19NO/c1-9(7-13-12-3-4-12)10(2)11-5-6-14-8-11/h5-6,8-10,12-13H,3-4,7H2,1-2H3. The van der Waals surface area contributed by atoms with Crippen LogP contribution in [-0.4, -0.2) is 12.6 Å². The van der Waals surface area contributed by atoms with Crippen molar-refractivity contribution in [1.82, 2.24) is 5.32 Å². The number of hydrogen-bond donors (Lipinski definition) is 1. The van der Waals surface area contributed by atoms with Crippen molar-refractivity contribution in [3.63, 3.8) is 0 Å². The molecule has 1 aliphatic carbocycles. The highest BCUT2D eigenvalue weighted by Crippen LogP contribution is 2.25. The minimum atomic E-state index is 0.583. The van der Waals surface area contributed by atoms with Crippen molar-refractivity contribution < 1.29 is 4.42 Å². The number of hydrogen-bond acceptors (Lipinski definition) is 2. The van der Waals surface area contributed by atoms with Crippen molar-refractivity contribution in [3.8, 4) is 0 Å². The predicted molar refractivity (Wildman–Crippen MR) is 57.3 cm³/mol. The Bertz CT molecular complexity index is 264. The summed E-state index contributed by atoms with van der Waals surface area (Å²) in [6.07, 6.45) is 6.35. The van der Waals surface area contributed by atoms with Crippen molar-refractivity contribution in [2.45, 2.75) is 38.6 Å². The van der Waals surface area contributed by atoms with Crippen LogP contribution in [0.5, 0.6) is 0 Å². The lowest BCUT2D eigenvalue weighted by molar-refractivity contribution is 0.442. The quantitative estimate of drug-likeness (QED) is 0.778. The second kappa shape index (κ2) is 4.18. The Kier molecular flexibility index (Phi) is 2.92. The summed E-state index contributed by atoms with van der Waals surface area (Å²) in [6, 6.07) is 2.88. The largest absolute Gasteiger partial charge is 0.472 e. The van der Waals surface area contributed by atoms with Crippen LogP contribution in [0.3, 0.4) is 0 Å². The number of nitrogens with one attached hydrogen (secondary N) is 1. The minimum Gasteiger partial charge on any atom is -0.472 e. The van der Waals surface area contributed by atoms with E-state index < -0.39 is 0 Å². The zero-order valence-corrected chi connectivity index (χ0v) is 8.99. The molecule has 2 heteroatoms. The first-order valence-electron chi connectivity index (χ1n) is 5.53. The van der Waals surface area contributed by atoms with Crippen LogP contribution in [0, 0.1) is 5.92 Å². The van der Waals surface area contributed by atoms with Crippen molar-refractivity contribution >= 4 is 0 Å². The third-order valence-corrected chi connectivity index (χ3v) is 3.23. The molecule has 0 aromatic carbocycles. The Morgan fingerprint density at radius 1 is 1.50 bits per heavy atom. The molecule has 14 heavy (non-hydrogen) atoms. The Morgan fingerprint density at radius 2 is 2.29 bits per heavy atom. The smallest absolute Gasteiger partial charge is 0.0937 e. The maximum absolute atomic E-state index is 5.10. The van der Waals surface area contributed by atoms with Crippen LogP contribution >= 0.6 is 0 Å². The predicted octanol–water partition coefficient (Wildman–Crippen LogP) is 2.77. The molecule has 1 saturated carbocycles. The van der Waals surface area contributed by atoms with E-state index in [4.69, 9.17) is 4.42 Å². The fourth-order valence-corrected chi connectivity index (χ4v) is 1.68. The Balaban J connectivity index is 1.80. The molecule has 0 spiro atoms. The number of rotatable bonds is 5. The van der Waals surface area contributed by atoms with Gasteiger partial charge in [0.1, 0.15) is 0 Å². The lowest BCUT2D eigenvalue weighted by atomic mass is 9.91. The third-order valence-electron chi connectivity index (χ3n) is 3.23. The topological polar surface area (TPSA) is 25.2 Å². The SMILES string of the molecule is CC(CNC1CC1)C(C)c1ccoc1. The van der Waals surface area contributed by atoms with Crippen LogP contribution < -0.4 is 5.32 Å². The van der Waals surface area contributed by atoms with Crippen LogP contribution in [0.2, 0.25) is 0 Å². The minimum absolute atomic E-state index is 0.583. The van der Waals surface area contributed by atoms with Gasteiger partial charge < -0.3 is 9.73 Å². The molecule has 2 nitrogen and oxygen atoms in total. The first-order chi connectivity index (χ1) is 6.77. The highest BCUT2D eigenvalue weighted by Gasteiger charge is 2.22. The maximum atomic E-state index is 5.10. The molecule has 2 rings (SSSR count). The van der Waals surface area contributed by atoms with Gasteiger partial charge in [0, 0.05) is 6.04 Å². The molecule has 1 aromatic heterocycles. The average molecular weight is 193 g/mol. The Hall–Kier alpha value is -0.760. The third kappa shape index (κ3) is 2.38. The molecule has 1 heterocycles. The fourth-order valence-electron chi connectivity index (χ4n) is 1.68. The van der Waals surface area contributed by atoms with Gasteiger partial charge >= 0.3 is 0 Å². The Morgan fingerprint density at radius 3 is 2.86 bits per heavy atom. The monoisotopic (exact) mass is 193 g/mol. The summed E-state index contributed by atoms with van der Waals surface area (Å²) < 4.78 is 5.10. The molecule has 0 aliphatic heterocycles. The molecule has 2 unspecified atom stereocenters. The molecular weight excluding hydrogens is 174 g/mol. The second-order valence-corrected chi connectivity index (χ2v) is 4.51. The summed E-state index contributed by atoms with van der Waals surface area (Å²) in [7, 11) is 0. The summed E-state index contributed by atoms with van der Waals surface area (Å²) in [5.74, 6) is 1.26. The van der Waals surface area contributed by atoms with E-state index in [9.17, 15) is 0 Å². The molecule has 78 valence electrons. The summed E-state index contributed by atoms with van der Waals surface area (Å²) in [4.78, 5) is 0. The van der Waals surface area contributed by atoms with Gasteiger partial charge in [-0.3, -0.25) is 0 Å². The van der Waals surface area contributed by atoms with E-state index in [0.717, 1.165) is 12.6 Å². The van der Waals surface area contributed by atoms with E-state index in [1.54, 1.807) is 6.26 Å². The normalized spacial score (nSPS) is 20.7. The average Bonchev–Trinajstić information content (AvgIpc) is 2.86. The number of furan rings is 1. The van der Waals surface area contributed by atoms with Gasteiger partial charge in [-0.05, 0) is 42.9 Å². The van der Waals surface area contributed by atoms with Crippen molar-refractivity contribution in [2.24, 2.45) is 5.92 Å². The summed E-state index contributed by atoms with van der Waals surface area (Å²) in [6.45, 7) is 5.69. The zero-order valence-electron chi connectivity index (χ0n) is 8.99. The van der Waals surface area contributed by atoms with Crippen molar-refractivity contribution in [3.05, 3.63) is 24.2 Å². The zero-order chi connectivity index (χ0) is 9.97. The van der Waals surface area contributed by atoms with Gasteiger partial charge in [0.05, 0.1) is 12.5 Å². The molecule has 1 N–H and O–H groups in total. The molecule has 0 radical (unpaired) electrons. The molecule has 1 aromatic rings. The van der Waals surface area contributed by atoms with Gasteiger partial charge in [0.15, 0.2) is 0 Å². The van der Waals surface area contributed by atoms with Crippen LogP contribution in [0.15, 0.2) is 23.0 Å². The molecule has 0 amide bonds. The van der Waals surface area contributed by atoms with Gasteiger partial charge in [-0.25, -0.2) is 0 Å². The van der Waals surface area contributed by atoms with Crippen molar-refractivity contribution in [1.29, 1.82) is 0 Å². The van der Waals surface area contributed by atoms with Crippen molar-refractivity contribution in [2.75, 3.05) is 6.54 Å². The van der Waals surface area contributed by atoms with E-state index in [2.05, 4.69) is 25.2 Å².